The van der Waals surface area contributed by atoms with Crippen LogP contribution in [0.3, 0.4) is 0 Å². The lowest BCUT2D eigenvalue weighted by Gasteiger charge is -2.34. The number of likely N-dealkylation sites (tertiary alicyclic amines) is 1. The zero-order chi connectivity index (χ0) is 12.7. The van der Waals surface area contributed by atoms with Gasteiger partial charge >= 0.3 is 0 Å². The van der Waals surface area contributed by atoms with Gasteiger partial charge in [0.25, 0.3) is 0 Å². The molecule has 1 aliphatic heterocycles. The first-order valence-corrected chi connectivity index (χ1v) is 6.53. The number of phenols is 1. The number of nitrogens with one attached hydrogen (secondary N) is 1. The molecule has 3 rings (SSSR count). The molecule has 0 bridgehead atoms. The molecule has 1 saturated heterocycles. The Kier molecular flexibility index (Phi) is 5.56. The van der Waals surface area contributed by atoms with Crippen LogP contribution >= 0.6 is 17.0 Å². The number of rotatable bonds is 1. The van der Waals surface area contributed by atoms with Crippen molar-refractivity contribution >= 4 is 27.9 Å². The summed E-state index contributed by atoms with van der Waals surface area (Å²) in [5.74, 6) is 0.777. The molecule has 2 atom stereocenters. The normalized spacial score (nSPS) is 23.1. The van der Waals surface area contributed by atoms with Crippen LogP contribution in [0.5, 0.6) is 5.75 Å². The van der Waals surface area contributed by atoms with Crippen LogP contribution in [-0.4, -0.2) is 45.3 Å². The van der Waals surface area contributed by atoms with Gasteiger partial charge in [-0.25, -0.2) is 0 Å². The molecule has 0 aliphatic carbocycles. The summed E-state index contributed by atoms with van der Waals surface area (Å²) < 4.78 is 0. The number of benzene rings is 1. The molecule has 5 nitrogen and oxygen atoms in total. The summed E-state index contributed by atoms with van der Waals surface area (Å²) in [6.45, 7) is 3.37. The van der Waals surface area contributed by atoms with Gasteiger partial charge in [0.2, 0.25) is 0 Å². The summed E-state index contributed by atoms with van der Waals surface area (Å²) in [6.07, 6.45) is 2.27. The number of aromatic amines is 1. The topological polar surface area (TPSA) is 83.7 Å². The Morgan fingerprint density at radius 3 is 2.85 bits per heavy atom. The molecule has 1 fully saturated rings. The van der Waals surface area contributed by atoms with E-state index in [2.05, 4.69) is 29.1 Å². The molecular formula is C14H22BrN3O2. The molecule has 2 heterocycles. The minimum atomic E-state index is 0. The highest BCUT2D eigenvalue weighted by molar-refractivity contribution is 8.93. The molecule has 6 heteroatoms. The Morgan fingerprint density at radius 1 is 1.40 bits per heavy atom. The van der Waals surface area contributed by atoms with Crippen LogP contribution in [0.1, 0.15) is 31.4 Å². The number of phenolic OH excluding ortho intramolecular Hbond substituents is 1. The second kappa shape index (κ2) is 6.56. The van der Waals surface area contributed by atoms with Crippen molar-refractivity contribution in [1.29, 1.82) is 0 Å². The Hall–Kier alpha value is -1.11. The van der Waals surface area contributed by atoms with Crippen molar-refractivity contribution < 1.29 is 10.6 Å². The Labute approximate surface area is 129 Å². The summed E-state index contributed by atoms with van der Waals surface area (Å²) >= 11 is 0. The Morgan fingerprint density at radius 2 is 2.15 bits per heavy atom. The van der Waals surface area contributed by atoms with Crippen molar-refractivity contribution in [3.8, 4) is 5.75 Å². The summed E-state index contributed by atoms with van der Waals surface area (Å²) in [5.41, 5.74) is 1.87. The number of fused-ring (bicyclic) bond motifs is 1. The third-order valence-electron chi connectivity index (χ3n) is 4.20. The molecule has 0 spiro atoms. The zero-order valence-electron chi connectivity index (χ0n) is 11.8. The van der Waals surface area contributed by atoms with Crippen molar-refractivity contribution in [1.82, 2.24) is 15.1 Å². The summed E-state index contributed by atoms with van der Waals surface area (Å²) in [5, 5.41) is 18.3. The van der Waals surface area contributed by atoms with E-state index in [1.165, 1.54) is 0 Å². The van der Waals surface area contributed by atoms with E-state index in [4.69, 9.17) is 0 Å². The quantitative estimate of drug-likeness (QED) is 0.832. The number of hydrogen-bond donors (Lipinski definition) is 2. The molecule has 4 N–H and O–H groups in total. The molecule has 1 aromatic carbocycles. The SMILES string of the molecule is Br.C[C@@H]1C[C@H](c2n[nH]c3c(O)cccc23)CCN1C.O. The molecule has 1 aliphatic rings. The van der Waals surface area contributed by atoms with Gasteiger partial charge in [-0.15, -0.1) is 17.0 Å². The molecule has 0 amide bonds. The Bertz CT molecular complexity index is 573. The van der Waals surface area contributed by atoms with Crippen LogP contribution in [0.25, 0.3) is 10.9 Å². The fourth-order valence-corrected chi connectivity index (χ4v) is 2.90. The number of halogens is 1. The van der Waals surface area contributed by atoms with Crippen LogP contribution in [-0.2, 0) is 0 Å². The maximum atomic E-state index is 9.80. The van der Waals surface area contributed by atoms with Crippen molar-refractivity contribution in [3.63, 3.8) is 0 Å². The monoisotopic (exact) mass is 343 g/mol. The van der Waals surface area contributed by atoms with Gasteiger partial charge in [0.1, 0.15) is 11.3 Å². The molecule has 112 valence electrons. The average Bonchev–Trinajstić information content (AvgIpc) is 2.78. The van der Waals surface area contributed by atoms with Crippen molar-refractivity contribution in [3.05, 3.63) is 23.9 Å². The van der Waals surface area contributed by atoms with Gasteiger partial charge in [-0.05, 0) is 39.4 Å². The summed E-state index contributed by atoms with van der Waals surface area (Å²) in [4.78, 5) is 2.39. The van der Waals surface area contributed by atoms with E-state index >= 15 is 0 Å². The van der Waals surface area contributed by atoms with E-state index in [0.29, 0.717) is 12.0 Å². The first-order chi connectivity index (χ1) is 8.66. The highest BCUT2D eigenvalue weighted by Gasteiger charge is 2.27. The number of nitrogens with zero attached hydrogens (tertiary/aromatic N) is 2. The van der Waals surface area contributed by atoms with Crippen molar-refractivity contribution in [2.75, 3.05) is 13.6 Å². The van der Waals surface area contributed by atoms with Crippen molar-refractivity contribution in [2.24, 2.45) is 0 Å². The van der Waals surface area contributed by atoms with Crippen molar-refractivity contribution in [2.45, 2.75) is 31.7 Å². The molecule has 0 radical (unpaired) electrons. The maximum absolute atomic E-state index is 9.80. The van der Waals surface area contributed by atoms with E-state index in [1.54, 1.807) is 6.07 Å². The number of para-hydroxylation sites is 1. The summed E-state index contributed by atoms with van der Waals surface area (Å²) in [6, 6.07) is 6.21. The molecule has 0 saturated carbocycles. The number of piperidine rings is 1. The van der Waals surface area contributed by atoms with Gasteiger partial charge in [0, 0.05) is 17.3 Å². The van der Waals surface area contributed by atoms with E-state index in [1.807, 2.05) is 12.1 Å². The third kappa shape index (κ3) is 2.82. The first kappa shape index (κ1) is 16.9. The largest absolute Gasteiger partial charge is 0.506 e. The second-order valence-corrected chi connectivity index (χ2v) is 5.36. The standard InChI is InChI=1S/C14H19N3O.BrH.H2O/c1-9-8-10(6-7-17(9)2)13-11-4-3-5-12(18)14(11)16-15-13;;/h3-5,9-10,18H,6-8H2,1-2H3,(H,15,16);1H;1H2/t9-,10-;;/m1../s1. The van der Waals surface area contributed by atoms with Gasteiger partial charge in [-0.3, -0.25) is 5.10 Å². The minimum absolute atomic E-state index is 0. The van der Waals surface area contributed by atoms with Gasteiger partial charge in [-0.1, -0.05) is 12.1 Å². The first-order valence-electron chi connectivity index (χ1n) is 6.53. The van der Waals surface area contributed by atoms with Crippen LogP contribution in [0.4, 0.5) is 0 Å². The van der Waals surface area contributed by atoms with Crippen LogP contribution in [0.15, 0.2) is 18.2 Å². The highest BCUT2D eigenvalue weighted by Crippen LogP contribution is 2.35. The molecule has 20 heavy (non-hydrogen) atoms. The minimum Gasteiger partial charge on any atom is -0.506 e. The van der Waals surface area contributed by atoms with Gasteiger partial charge in [0.05, 0.1) is 5.69 Å². The number of aromatic nitrogens is 2. The number of hydrogen-bond acceptors (Lipinski definition) is 3. The lowest BCUT2D eigenvalue weighted by molar-refractivity contribution is 0.181. The predicted molar refractivity (Wildman–Crippen MR) is 85.8 cm³/mol. The van der Waals surface area contributed by atoms with Gasteiger partial charge in [-0.2, -0.15) is 5.10 Å². The van der Waals surface area contributed by atoms with E-state index < -0.39 is 0 Å². The zero-order valence-corrected chi connectivity index (χ0v) is 13.5. The molecule has 2 aromatic rings. The molecular weight excluding hydrogens is 322 g/mol. The Balaban J connectivity index is 0.000001000. The third-order valence-corrected chi connectivity index (χ3v) is 4.20. The maximum Gasteiger partial charge on any atom is 0.141 e. The van der Waals surface area contributed by atoms with Gasteiger partial charge < -0.3 is 15.5 Å². The smallest absolute Gasteiger partial charge is 0.141 e. The highest BCUT2D eigenvalue weighted by atomic mass is 79.9. The second-order valence-electron chi connectivity index (χ2n) is 5.36. The van der Waals surface area contributed by atoms with Gasteiger partial charge in [0.15, 0.2) is 0 Å². The van der Waals surface area contributed by atoms with E-state index in [9.17, 15) is 5.11 Å². The fraction of sp³-hybridized carbons (Fsp3) is 0.500. The van der Waals surface area contributed by atoms with Crippen LogP contribution < -0.4 is 0 Å². The fourth-order valence-electron chi connectivity index (χ4n) is 2.90. The van der Waals surface area contributed by atoms with Crippen LogP contribution in [0, 0.1) is 0 Å². The lowest BCUT2D eigenvalue weighted by atomic mass is 9.88. The van der Waals surface area contributed by atoms with E-state index in [-0.39, 0.29) is 28.2 Å². The number of aromatic hydroxyl groups is 1. The number of H-pyrrole nitrogens is 1. The molecule has 1 aromatic heterocycles. The van der Waals surface area contributed by atoms with E-state index in [0.717, 1.165) is 36.0 Å². The summed E-state index contributed by atoms with van der Waals surface area (Å²) in [7, 11) is 2.18. The predicted octanol–water partition coefficient (Wildman–Crippen LogP) is 2.22. The molecule has 0 unspecified atom stereocenters. The average molecular weight is 344 g/mol. The lowest BCUT2D eigenvalue weighted by Crippen LogP contribution is -2.37. The van der Waals surface area contributed by atoms with Crippen LogP contribution in [0.2, 0.25) is 0 Å².